The van der Waals surface area contributed by atoms with E-state index in [1.54, 1.807) is 0 Å². The molecule has 4 nitrogen and oxygen atoms in total. The summed E-state index contributed by atoms with van der Waals surface area (Å²) in [5.74, 6) is 0. The minimum absolute atomic E-state index is 0.0825. The molecule has 0 amide bonds. The first-order chi connectivity index (χ1) is 36.0. The Morgan fingerprint density at radius 3 is 1.53 bits per heavy atom. The molecule has 0 bridgehead atoms. The fourth-order valence-electron chi connectivity index (χ4n) is 11.9. The van der Waals surface area contributed by atoms with Gasteiger partial charge in [-0.15, -0.1) is 0 Å². The Morgan fingerprint density at radius 2 is 0.946 bits per heavy atom. The lowest BCUT2D eigenvalue weighted by Gasteiger charge is -2.45. The van der Waals surface area contributed by atoms with Crippen LogP contribution in [0.3, 0.4) is 0 Å². The van der Waals surface area contributed by atoms with Crippen molar-refractivity contribution in [3.05, 3.63) is 252 Å². The number of hydrogen-bond acceptors (Lipinski definition) is 4. The van der Waals surface area contributed by atoms with Gasteiger partial charge >= 0.3 is 0 Å². The van der Waals surface area contributed by atoms with Crippen LogP contribution in [-0.2, 0) is 5.41 Å². The Morgan fingerprint density at radius 1 is 0.432 bits per heavy atom. The molecular formula is C69H57BN4. The molecule has 0 fully saturated rings. The van der Waals surface area contributed by atoms with Gasteiger partial charge in [-0.25, -0.2) is 0 Å². The van der Waals surface area contributed by atoms with Gasteiger partial charge < -0.3 is 14.7 Å². The largest absolute Gasteiger partial charge is 0.311 e. The van der Waals surface area contributed by atoms with E-state index in [1.165, 1.54) is 49.9 Å². The molecule has 0 atom stereocenters. The van der Waals surface area contributed by atoms with Crippen molar-refractivity contribution >= 4 is 74.3 Å². The van der Waals surface area contributed by atoms with Crippen molar-refractivity contribution in [1.82, 2.24) is 0 Å². The second kappa shape index (κ2) is 18.3. The molecule has 0 spiro atoms. The van der Waals surface area contributed by atoms with Gasteiger partial charge in [0.25, 0.3) is 6.71 Å². The van der Waals surface area contributed by atoms with Gasteiger partial charge in [0.1, 0.15) is 0 Å². The number of aryl methyl sites for hydroxylation is 4. The van der Waals surface area contributed by atoms with Gasteiger partial charge in [0.2, 0.25) is 0 Å². The van der Waals surface area contributed by atoms with Crippen LogP contribution in [-0.4, -0.2) is 6.71 Å². The maximum atomic E-state index is 10.7. The van der Waals surface area contributed by atoms with Crippen molar-refractivity contribution in [2.45, 2.75) is 53.9 Å². The lowest BCUT2D eigenvalue weighted by atomic mass is 9.33. The predicted octanol–water partition coefficient (Wildman–Crippen LogP) is 16.6. The van der Waals surface area contributed by atoms with E-state index < -0.39 is 0 Å². The number of nitrogens with zero attached hydrogens (tertiary/aromatic N) is 4. The van der Waals surface area contributed by atoms with Crippen LogP contribution in [0.1, 0.15) is 54.2 Å². The topological polar surface area (TPSA) is 33.5 Å². The van der Waals surface area contributed by atoms with Crippen molar-refractivity contribution in [1.29, 1.82) is 5.26 Å². The number of benzene rings is 10. The van der Waals surface area contributed by atoms with Crippen LogP contribution in [0.2, 0.25) is 0 Å². The first-order valence-corrected chi connectivity index (χ1v) is 25.8. The normalized spacial score (nSPS) is 12.4. The number of nitriles is 1. The van der Waals surface area contributed by atoms with E-state index in [-0.39, 0.29) is 12.1 Å². The van der Waals surface area contributed by atoms with Gasteiger partial charge in [0, 0.05) is 50.8 Å². The molecule has 0 saturated carbocycles. The molecule has 0 saturated heterocycles. The van der Waals surface area contributed by atoms with E-state index >= 15 is 0 Å². The van der Waals surface area contributed by atoms with E-state index in [9.17, 15) is 5.26 Å². The molecule has 356 valence electrons. The maximum Gasteiger partial charge on any atom is 0.252 e. The second-order valence-corrected chi connectivity index (χ2v) is 21.2. The summed E-state index contributed by atoms with van der Waals surface area (Å²) < 4.78 is 0. The fourth-order valence-corrected chi connectivity index (χ4v) is 11.9. The van der Waals surface area contributed by atoms with Gasteiger partial charge in [-0.2, -0.15) is 5.26 Å². The Hall–Kier alpha value is -8.85. The van der Waals surface area contributed by atoms with E-state index in [4.69, 9.17) is 0 Å². The van der Waals surface area contributed by atoms with E-state index in [1.807, 2.05) is 0 Å². The first kappa shape index (κ1) is 46.2. The molecule has 12 rings (SSSR count). The molecular weight excluding hydrogens is 896 g/mol. The highest BCUT2D eigenvalue weighted by molar-refractivity contribution is 7.00. The highest BCUT2D eigenvalue weighted by Crippen LogP contribution is 2.52. The Balaban J connectivity index is 1.20. The van der Waals surface area contributed by atoms with Gasteiger partial charge in [0.15, 0.2) is 0 Å². The number of rotatable bonds is 8. The zero-order valence-electron chi connectivity index (χ0n) is 43.2. The highest BCUT2D eigenvalue weighted by Gasteiger charge is 2.45. The van der Waals surface area contributed by atoms with Crippen molar-refractivity contribution < 1.29 is 0 Å². The zero-order valence-corrected chi connectivity index (χ0v) is 43.2. The van der Waals surface area contributed by atoms with Crippen molar-refractivity contribution in [2.75, 3.05) is 14.7 Å². The molecule has 0 radical (unpaired) electrons. The fraction of sp³-hybridized carbons (Fsp3) is 0.116. The van der Waals surface area contributed by atoms with E-state index in [0.717, 1.165) is 78.9 Å². The van der Waals surface area contributed by atoms with Gasteiger partial charge in [-0.1, -0.05) is 178 Å². The summed E-state index contributed by atoms with van der Waals surface area (Å²) in [6.07, 6.45) is 0. The molecule has 0 aromatic heterocycles. The lowest BCUT2D eigenvalue weighted by Crippen LogP contribution is -2.61. The van der Waals surface area contributed by atoms with Crippen LogP contribution >= 0.6 is 0 Å². The molecule has 2 aliphatic heterocycles. The molecule has 2 heterocycles. The van der Waals surface area contributed by atoms with Crippen LogP contribution in [0.5, 0.6) is 0 Å². The van der Waals surface area contributed by atoms with Crippen LogP contribution in [0.25, 0.3) is 33.4 Å². The van der Waals surface area contributed by atoms with Crippen LogP contribution in [0, 0.1) is 39.0 Å². The molecule has 2 aliphatic rings. The van der Waals surface area contributed by atoms with Crippen molar-refractivity contribution in [2.24, 2.45) is 0 Å². The minimum atomic E-state index is -0.117. The molecule has 74 heavy (non-hydrogen) atoms. The lowest BCUT2D eigenvalue weighted by molar-refractivity contribution is 0.590. The quantitative estimate of drug-likeness (QED) is 0.142. The molecule has 10 aromatic rings. The second-order valence-electron chi connectivity index (χ2n) is 21.2. The number of anilines is 9. The van der Waals surface area contributed by atoms with Gasteiger partial charge in [-0.05, 0) is 155 Å². The molecule has 10 aromatic carbocycles. The van der Waals surface area contributed by atoms with Gasteiger partial charge in [0.05, 0.1) is 28.7 Å². The average molecular weight is 953 g/mol. The third kappa shape index (κ3) is 7.86. The molecule has 0 N–H and O–H groups in total. The van der Waals surface area contributed by atoms with Crippen LogP contribution < -0.4 is 31.1 Å². The Bertz CT molecular complexity index is 3750. The summed E-state index contributed by atoms with van der Waals surface area (Å²) in [5.41, 5.74) is 26.8. The monoisotopic (exact) mass is 952 g/mol. The first-order valence-electron chi connectivity index (χ1n) is 25.8. The smallest absolute Gasteiger partial charge is 0.252 e. The highest BCUT2D eigenvalue weighted by atomic mass is 15.2. The molecule has 0 aliphatic carbocycles. The van der Waals surface area contributed by atoms with Crippen molar-refractivity contribution in [3.63, 3.8) is 0 Å². The minimum Gasteiger partial charge on any atom is -0.311 e. The Kier molecular flexibility index (Phi) is 11.5. The number of fused-ring (bicyclic) bond motifs is 4. The van der Waals surface area contributed by atoms with Gasteiger partial charge in [-0.3, -0.25) is 0 Å². The summed E-state index contributed by atoms with van der Waals surface area (Å²) in [7, 11) is 0. The summed E-state index contributed by atoms with van der Waals surface area (Å²) in [5, 5.41) is 10.7. The summed E-state index contributed by atoms with van der Waals surface area (Å²) >= 11 is 0. The number of para-hydroxylation sites is 2. The van der Waals surface area contributed by atoms with Crippen LogP contribution in [0.15, 0.2) is 218 Å². The van der Waals surface area contributed by atoms with E-state index in [0.29, 0.717) is 5.56 Å². The average Bonchev–Trinajstić information content (AvgIpc) is 3.43. The summed E-state index contributed by atoms with van der Waals surface area (Å²) in [6.45, 7) is 15.7. The predicted molar refractivity (Wildman–Crippen MR) is 314 cm³/mol. The van der Waals surface area contributed by atoms with E-state index in [2.05, 4.69) is 288 Å². The number of hydrogen-bond donors (Lipinski definition) is 0. The summed E-state index contributed by atoms with van der Waals surface area (Å²) in [6, 6.07) is 82.3. The summed E-state index contributed by atoms with van der Waals surface area (Å²) in [4.78, 5) is 7.55. The third-order valence-corrected chi connectivity index (χ3v) is 15.1. The maximum absolute atomic E-state index is 10.7. The standard InChI is InChI=1S/C69H57BN4/c1-45-36-47(3)67(48(4)37-45)72(54-28-18-11-19-29-54)55-33-34-60-63(43-55)73(61-35-32-53(69(5,6)7)42-56(61)50-22-12-8-13-23-50)64-38-46(2)39-65-66(64)70(60)59-30-20-21-31-62(59)74(65)68-57(51-24-14-9-15-25-51)40-49(44-71)41-58(68)52-26-16-10-17-27-52/h8-43H,1-7H3. The third-order valence-electron chi connectivity index (χ3n) is 15.1. The van der Waals surface area contributed by atoms with Crippen molar-refractivity contribution in [3.8, 4) is 39.4 Å². The SMILES string of the molecule is Cc1cc(C)c(N(c2ccccc2)c2ccc3c(c2)N(c2ccc(C(C)(C)C)cc2-c2ccccc2)c2cc(C)cc4c2B3c2ccccc2N4c2c(-c3ccccc3)cc(C#N)cc2-c2ccccc2)c(C)c1. The van der Waals surface area contributed by atoms with Crippen LogP contribution in [0.4, 0.5) is 51.2 Å². The molecule has 5 heteroatoms. The molecule has 0 unspecified atom stereocenters. The Labute approximate surface area is 437 Å². The zero-order chi connectivity index (χ0) is 50.8.